The molecule has 2 aromatic rings. The van der Waals surface area contributed by atoms with Crippen LogP contribution in [-0.4, -0.2) is 63.1 Å². The molecular weight excluding hydrogens is 302 g/mol. The molecule has 120 valence electrons. The maximum Gasteiger partial charge on any atom is 0.173 e. The summed E-state index contributed by atoms with van der Waals surface area (Å²) >= 11 is 1.71. The van der Waals surface area contributed by atoms with Gasteiger partial charge < -0.3 is 9.84 Å². The van der Waals surface area contributed by atoms with Crippen LogP contribution in [0.1, 0.15) is 29.6 Å². The summed E-state index contributed by atoms with van der Waals surface area (Å²) in [5.41, 5.74) is 0. The Labute approximate surface area is 133 Å². The molecule has 1 N–H and O–H groups in total. The van der Waals surface area contributed by atoms with Crippen molar-refractivity contribution >= 4 is 11.3 Å². The van der Waals surface area contributed by atoms with Gasteiger partial charge in [0.15, 0.2) is 5.82 Å². The van der Waals surface area contributed by atoms with Gasteiger partial charge in [0.05, 0.1) is 19.3 Å². The molecule has 0 radical (unpaired) electrons. The molecule has 1 atom stereocenters. The first-order valence-corrected chi connectivity index (χ1v) is 8.38. The number of piperidine rings is 1. The number of hydrogen-bond donors (Lipinski definition) is 1. The van der Waals surface area contributed by atoms with E-state index in [2.05, 4.69) is 37.9 Å². The SMILES string of the molecule is COCCn1nnnc1[C@@H](c1cccs1)N1CCC(O)CC1. The normalized spacial score (nSPS) is 18.6. The van der Waals surface area contributed by atoms with Crippen molar-refractivity contribution in [1.29, 1.82) is 0 Å². The van der Waals surface area contributed by atoms with Crippen molar-refractivity contribution in [1.82, 2.24) is 25.1 Å². The molecule has 0 spiro atoms. The topological polar surface area (TPSA) is 76.3 Å². The van der Waals surface area contributed by atoms with Gasteiger partial charge in [-0.15, -0.1) is 16.4 Å². The van der Waals surface area contributed by atoms with E-state index in [9.17, 15) is 5.11 Å². The molecule has 1 aliphatic rings. The van der Waals surface area contributed by atoms with Gasteiger partial charge in [-0.1, -0.05) is 6.07 Å². The first kappa shape index (κ1) is 15.5. The number of methoxy groups -OCH3 is 1. The molecule has 1 fully saturated rings. The Hall–Kier alpha value is -1.35. The number of thiophene rings is 1. The van der Waals surface area contributed by atoms with Gasteiger partial charge in [-0.25, -0.2) is 4.68 Å². The summed E-state index contributed by atoms with van der Waals surface area (Å²) in [5.74, 6) is 0.843. The number of tetrazole rings is 1. The third-order valence-corrected chi connectivity index (χ3v) is 4.91. The summed E-state index contributed by atoms with van der Waals surface area (Å²) in [4.78, 5) is 3.58. The molecule has 8 heteroatoms. The van der Waals surface area contributed by atoms with Crippen molar-refractivity contribution in [2.75, 3.05) is 26.8 Å². The van der Waals surface area contributed by atoms with Crippen LogP contribution in [-0.2, 0) is 11.3 Å². The number of nitrogens with zero attached hydrogens (tertiary/aromatic N) is 5. The Morgan fingerprint density at radius 1 is 1.45 bits per heavy atom. The van der Waals surface area contributed by atoms with Crippen LogP contribution < -0.4 is 0 Å². The predicted molar refractivity (Wildman–Crippen MR) is 82.7 cm³/mol. The Morgan fingerprint density at radius 3 is 2.95 bits per heavy atom. The fourth-order valence-electron chi connectivity index (χ4n) is 2.81. The zero-order chi connectivity index (χ0) is 15.4. The highest BCUT2D eigenvalue weighted by Gasteiger charge is 2.31. The molecule has 0 aliphatic carbocycles. The maximum absolute atomic E-state index is 9.75. The lowest BCUT2D eigenvalue weighted by Gasteiger charge is -2.35. The number of likely N-dealkylation sites (tertiary alicyclic amines) is 1. The van der Waals surface area contributed by atoms with Crippen molar-refractivity contribution in [2.45, 2.75) is 31.5 Å². The van der Waals surface area contributed by atoms with Crippen LogP contribution in [0.15, 0.2) is 17.5 Å². The summed E-state index contributed by atoms with van der Waals surface area (Å²) in [6, 6.07) is 4.21. The summed E-state index contributed by atoms with van der Waals surface area (Å²) in [7, 11) is 1.67. The number of rotatable bonds is 6. The van der Waals surface area contributed by atoms with Crippen LogP contribution in [0.2, 0.25) is 0 Å². The highest BCUT2D eigenvalue weighted by atomic mass is 32.1. The Bertz CT molecular complexity index is 566. The van der Waals surface area contributed by atoms with E-state index in [1.165, 1.54) is 4.88 Å². The van der Waals surface area contributed by atoms with E-state index in [1.807, 2.05) is 4.68 Å². The third kappa shape index (κ3) is 3.35. The highest BCUT2D eigenvalue weighted by molar-refractivity contribution is 7.10. The monoisotopic (exact) mass is 323 g/mol. The van der Waals surface area contributed by atoms with E-state index >= 15 is 0 Å². The van der Waals surface area contributed by atoms with E-state index < -0.39 is 0 Å². The lowest BCUT2D eigenvalue weighted by atomic mass is 10.0. The number of ether oxygens (including phenoxy) is 1. The fraction of sp³-hybridized carbons (Fsp3) is 0.643. The Kier molecular flexibility index (Phi) is 5.14. The third-order valence-electron chi connectivity index (χ3n) is 3.99. The Morgan fingerprint density at radius 2 is 2.27 bits per heavy atom. The molecule has 2 aromatic heterocycles. The second-order valence-electron chi connectivity index (χ2n) is 5.44. The second kappa shape index (κ2) is 7.28. The maximum atomic E-state index is 9.75. The van der Waals surface area contributed by atoms with Crippen LogP contribution in [0.3, 0.4) is 0 Å². The van der Waals surface area contributed by atoms with Gasteiger partial charge in [0.1, 0.15) is 6.04 Å². The van der Waals surface area contributed by atoms with E-state index in [4.69, 9.17) is 4.74 Å². The molecule has 1 saturated heterocycles. The largest absolute Gasteiger partial charge is 0.393 e. The van der Waals surface area contributed by atoms with Crippen molar-refractivity contribution in [3.63, 3.8) is 0 Å². The van der Waals surface area contributed by atoms with E-state index in [0.29, 0.717) is 13.2 Å². The number of aliphatic hydroxyl groups is 1. The zero-order valence-electron chi connectivity index (χ0n) is 12.6. The average Bonchev–Trinajstić information content (AvgIpc) is 3.20. The molecular formula is C14H21N5O2S. The van der Waals surface area contributed by atoms with Crippen LogP contribution in [0.4, 0.5) is 0 Å². The van der Waals surface area contributed by atoms with Crippen LogP contribution in [0.5, 0.6) is 0 Å². The lowest BCUT2D eigenvalue weighted by molar-refractivity contribution is 0.0663. The van der Waals surface area contributed by atoms with Crippen molar-refractivity contribution in [3.8, 4) is 0 Å². The van der Waals surface area contributed by atoms with Crippen LogP contribution >= 0.6 is 11.3 Å². The summed E-state index contributed by atoms with van der Waals surface area (Å²) in [6.45, 7) is 2.91. The molecule has 3 heterocycles. The molecule has 0 amide bonds. The van der Waals surface area contributed by atoms with Crippen LogP contribution in [0.25, 0.3) is 0 Å². The number of aromatic nitrogens is 4. The lowest BCUT2D eigenvalue weighted by Crippen LogP contribution is -2.39. The average molecular weight is 323 g/mol. The summed E-state index contributed by atoms with van der Waals surface area (Å²) in [5, 5.41) is 24.0. The van der Waals surface area contributed by atoms with Gasteiger partial charge in [-0.05, 0) is 34.7 Å². The zero-order valence-corrected chi connectivity index (χ0v) is 13.4. The number of hydrogen-bond acceptors (Lipinski definition) is 7. The quantitative estimate of drug-likeness (QED) is 0.852. The Balaban J connectivity index is 1.87. The molecule has 0 bridgehead atoms. The van der Waals surface area contributed by atoms with Crippen molar-refractivity contribution in [3.05, 3.63) is 28.2 Å². The predicted octanol–water partition coefficient (Wildman–Crippen LogP) is 0.927. The van der Waals surface area contributed by atoms with E-state index in [0.717, 1.165) is 31.8 Å². The molecule has 0 saturated carbocycles. The minimum absolute atomic E-state index is 0.0411. The molecule has 3 rings (SSSR count). The van der Waals surface area contributed by atoms with Crippen molar-refractivity contribution in [2.24, 2.45) is 0 Å². The van der Waals surface area contributed by atoms with Crippen molar-refractivity contribution < 1.29 is 9.84 Å². The van der Waals surface area contributed by atoms with E-state index in [1.54, 1.807) is 18.4 Å². The van der Waals surface area contributed by atoms with Gasteiger partial charge in [0.25, 0.3) is 0 Å². The van der Waals surface area contributed by atoms with Gasteiger partial charge >= 0.3 is 0 Å². The molecule has 0 unspecified atom stereocenters. The summed E-state index contributed by atoms with van der Waals surface area (Å²) in [6.07, 6.45) is 1.40. The van der Waals surface area contributed by atoms with Gasteiger partial charge in [-0.2, -0.15) is 0 Å². The minimum atomic E-state index is -0.190. The molecule has 1 aliphatic heterocycles. The molecule has 22 heavy (non-hydrogen) atoms. The smallest absolute Gasteiger partial charge is 0.173 e. The first-order chi connectivity index (χ1) is 10.8. The van der Waals surface area contributed by atoms with Gasteiger partial charge in [-0.3, -0.25) is 4.90 Å². The standard InChI is InChI=1S/C14H21N5O2S/c1-21-9-8-19-14(15-16-17-19)13(12-3-2-10-22-12)18-6-4-11(20)5-7-18/h2-3,10-11,13,20H,4-9H2,1H3/t13-/m1/s1. The number of aliphatic hydroxyl groups excluding tert-OH is 1. The molecule has 0 aromatic carbocycles. The van der Waals surface area contributed by atoms with E-state index in [-0.39, 0.29) is 12.1 Å². The molecule has 7 nitrogen and oxygen atoms in total. The van der Waals surface area contributed by atoms with Gasteiger partial charge in [0, 0.05) is 25.1 Å². The second-order valence-corrected chi connectivity index (χ2v) is 6.42. The fourth-order valence-corrected chi connectivity index (χ4v) is 3.66. The summed E-state index contributed by atoms with van der Waals surface area (Å²) < 4.78 is 6.96. The van der Waals surface area contributed by atoms with Crippen LogP contribution in [0, 0.1) is 0 Å². The minimum Gasteiger partial charge on any atom is -0.393 e. The van der Waals surface area contributed by atoms with Gasteiger partial charge in [0.2, 0.25) is 0 Å². The first-order valence-electron chi connectivity index (χ1n) is 7.50. The highest BCUT2D eigenvalue weighted by Crippen LogP contribution is 2.32.